The highest BCUT2D eigenvalue weighted by Gasteiger charge is 2.15. The number of rotatable bonds is 8. The molecule has 1 saturated heterocycles. The number of para-hydroxylation sites is 2. The van der Waals surface area contributed by atoms with Crippen LogP contribution in [0.5, 0.6) is 0 Å². The topological polar surface area (TPSA) is 73.9 Å². The summed E-state index contributed by atoms with van der Waals surface area (Å²) in [6.45, 7) is 4.19. The number of hydrogen-bond donors (Lipinski definition) is 2. The van der Waals surface area contributed by atoms with Gasteiger partial charge in [-0.25, -0.2) is 0 Å². The van der Waals surface area contributed by atoms with Crippen molar-refractivity contribution < 1.29 is 14.3 Å². The Hall–Kier alpha value is -3.68. The van der Waals surface area contributed by atoms with Crippen molar-refractivity contribution in [2.75, 3.05) is 55.4 Å². The highest BCUT2D eigenvalue weighted by Crippen LogP contribution is 2.19. The Morgan fingerprint density at radius 1 is 0.882 bits per heavy atom. The molecule has 2 N–H and O–H groups in total. The molecule has 0 saturated carbocycles. The molecule has 3 aromatic rings. The number of nitrogens with zero attached hydrogens (tertiary/aromatic N) is 2. The molecule has 0 bridgehead atoms. The van der Waals surface area contributed by atoms with Gasteiger partial charge in [-0.05, 0) is 49.0 Å². The number of ether oxygens (including phenoxy) is 1. The zero-order chi connectivity index (χ0) is 23.8. The summed E-state index contributed by atoms with van der Waals surface area (Å²) in [5.74, 6) is -0.441. The smallest absolute Gasteiger partial charge is 0.257 e. The highest BCUT2D eigenvalue weighted by atomic mass is 16.5. The quantitative estimate of drug-likeness (QED) is 0.537. The average Bonchev–Trinajstić information content (AvgIpc) is 2.86. The van der Waals surface area contributed by atoms with Gasteiger partial charge in [0.25, 0.3) is 5.91 Å². The van der Waals surface area contributed by atoms with E-state index in [0.29, 0.717) is 23.5 Å². The van der Waals surface area contributed by atoms with Gasteiger partial charge >= 0.3 is 0 Å². The Morgan fingerprint density at radius 2 is 1.56 bits per heavy atom. The maximum atomic E-state index is 12.7. The largest absolute Gasteiger partial charge is 0.378 e. The Morgan fingerprint density at radius 3 is 2.29 bits per heavy atom. The molecule has 3 aromatic carbocycles. The summed E-state index contributed by atoms with van der Waals surface area (Å²) in [4.78, 5) is 29.7. The lowest BCUT2D eigenvalue weighted by molar-refractivity contribution is -0.117. The molecule has 7 nitrogen and oxygen atoms in total. The lowest BCUT2D eigenvalue weighted by Gasteiger charge is -2.29. The van der Waals surface area contributed by atoms with Crippen LogP contribution in [-0.4, -0.2) is 56.6 Å². The molecule has 2 amide bonds. The number of anilines is 3. The Bertz CT molecular complexity index is 1100. The molecular weight excluding hydrogens is 428 g/mol. The second-order valence-electron chi connectivity index (χ2n) is 8.35. The standard InChI is InChI=1S/C27H30N4O3/c1-30(19-21-11-13-23(14-12-21)31-15-17-34-18-16-31)20-26(32)29-25-10-6-5-9-24(25)27(33)28-22-7-3-2-4-8-22/h2-14H,15-20H2,1H3,(H,28,33)(H,29,32). The first-order valence-corrected chi connectivity index (χ1v) is 11.4. The van der Waals surface area contributed by atoms with E-state index in [1.807, 2.05) is 42.3 Å². The van der Waals surface area contributed by atoms with Crippen molar-refractivity contribution in [2.45, 2.75) is 6.54 Å². The van der Waals surface area contributed by atoms with Gasteiger partial charge in [0.1, 0.15) is 0 Å². The molecule has 0 aromatic heterocycles. The van der Waals surface area contributed by atoms with Gasteiger partial charge in [0.15, 0.2) is 0 Å². The fourth-order valence-electron chi connectivity index (χ4n) is 3.95. The molecule has 0 unspecified atom stereocenters. The summed E-state index contributed by atoms with van der Waals surface area (Å²) < 4.78 is 5.42. The van der Waals surface area contributed by atoms with E-state index in [2.05, 4.69) is 39.8 Å². The lowest BCUT2D eigenvalue weighted by atomic mass is 10.1. The van der Waals surface area contributed by atoms with Gasteiger partial charge in [0, 0.05) is 31.0 Å². The number of morpholine rings is 1. The molecule has 1 fully saturated rings. The van der Waals surface area contributed by atoms with Gasteiger partial charge in [-0.1, -0.05) is 42.5 Å². The van der Waals surface area contributed by atoms with Gasteiger partial charge in [-0.15, -0.1) is 0 Å². The monoisotopic (exact) mass is 458 g/mol. The minimum atomic E-state index is -0.268. The van der Waals surface area contributed by atoms with E-state index in [4.69, 9.17) is 4.74 Å². The summed E-state index contributed by atoms with van der Waals surface area (Å²) in [6, 6.07) is 24.7. The Balaban J connectivity index is 1.31. The molecular formula is C27H30N4O3. The van der Waals surface area contributed by atoms with E-state index < -0.39 is 0 Å². The van der Waals surface area contributed by atoms with E-state index in [9.17, 15) is 9.59 Å². The van der Waals surface area contributed by atoms with Crippen LogP contribution in [0.3, 0.4) is 0 Å². The predicted molar refractivity (Wildman–Crippen MR) is 135 cm³/mol. The lowest BCUT2D eigenvalue weighted by Crippen LogP contribution is -2.36. The summed E-state index contributed by atoms with van der Waals surface area (Å²) in [5.41, 5.74) is 3.94. The van der Waals surface area contributed by atoms with Gasteiger partial charge in [0.2, 0.25) is 5.91 Å². The SMILES string of the molecule is CN(CC(=O)Nc1ccccc1C(=O)Nc1ccccc1)Cc1ccc(N2CCOCC2)cc1. The zero-order valence-corrected chi connectivity index (χ0v) is 19.4. The third-order valence-corrected chi connectivity index (χ3v) is 5.66. The number of carbonyl (C=O) groups is 2. The number of amides is 2. The molecule has 0 aliphatic carbocycles. The fraction of sp³-hybridized carbons (Fsp3) is 0.259. The van der Waals surface area contributed by atoms with Crippen LogP contribution in [0.1, 0.15) is 15.9 Å². The van der Waals surface area contributed by atoms with E-state index >= 15 is 0 Å². The summed E-state index contributed by atoms with van der Waals surface area (Å²) in [5, 5.41) is 5.75. The normalized spacial score (nSPS) is 13.5. The van der Waals surface area contributed by atoms with Gasteiger partial charge in [-0.3, -0.25) is 14.5 Å². The number of carbonyl (C=O) groups excluding carboxylic acids is 2. The molecule has 0 spiro atoms. The van der Waals surface area contributed by atoms with Crippen LogP contribution in [0.25, 0.3) is 0 Å². The van der Waals surface area contributed by atoms with E-state index in [1.54, 1.807) is 24.3 Å². The first kappa shape index (κ1) is 23.5. The number of hydrogen-bond acceptors (Lipinski definition) is 5. The molecule has 4 rings (SSSR count). The summed E-state index contributed by atoms with van der Waals surface area (Å²) in [6.07, 6.45) is 0. The number of nitrogens with one attached hydrogen (secondary N) is 2. The van der Waals surface area contributed by atoms with Crippen molar-refractivity contribution in [1.29, 1.82) is 0 Å². The fourth-order valence-corrected chi connectivity index (χ4v) is 3.95. The number of likely N-dealkylation sites (N-methyl/N-ethyl adjacent to an activating group) is 1. The maximum Gasteiger partial charge on any atom is 0.257 e. The van der Waals surface area contributed by atoms with Crippen molar-refractivity contribution >= 4 is 28.9 Å². The van der Waals surface area contributed by atoms with Crippen LogP contribution in [0, 0.1) is 0 Å². The number of benzene rings is 3. The van der Waals surface area contributed by atoms with E-state index in [0.717, 1.165) is 31.9 Å². The van der Waals surface area contributed by atoms with Crippen LogP contribution in [0.4, 0.5) is 17.1 Å². The minimum absolute atomic E-state index is 0.174. The van der Waals surface area contributed by atoms with Crippen molar-refractivity contribution in [2.24, 2.45) is 0 Å². The maximum absolute atomic E-state index is 12.7. The average molecular weight is 459 g/mol. The Labute approximate surface area is 200 Å². The third-order valence-electron chi connectivity index (χ3n) is 5.66. The molecule has 1 heterocycles. The zero-order valence-electron chi connectivity index (χ0n) is 19.4. The summed E-state index contributed by atoms with van der Waals surface area (Å²) in [7, 11) is 1.91. The van der Waals surface area contributed by atoms with Crippen LogP contribution in [0.2, 0.25) is 0 Å². The van der Waals surface area contributed by atoms with Gasteiger partial charge < -0.3 is 20.3 Å². The van der Waals surface area contributed by atoms with Crippen molar-refractivity contribution in [3.8, 4) is 0 Å². The second kappa shape index (κ2) is 11.4. The first-order chi connectivity index (χ1) is 16.6. The molecule has 34 heavy (non-hydrogen) atoms. The summed E-state index contributed by atoms with van der Waals surface area (Å²) >= 11 is 0. The van der Waals surface area contributed by atoms with E-state index in [1.165, 1.54) is 5.69 Å². The van der Waals surface area contributed by atoms with Crippen LogP contribution < -0.4 is 15.5 Å². The minimum Gasteiger partial charge on any atom is -0.378 e. The molecule has 0 atom stereocenters. The highest BCUT2D eigenvalue weighted by molar-refractivity contribution is 6.10. The van der Waals surface area contributed by atoms with Crippen LogP contribution >= 0.6 is 0 Å². The first-order valence-electron chi connectivity index (χ1n) is 11.4. The van der Waals surface area contributed by atoms with E-state index in [-0.39, 0.29) is 18.4 Å². The van der Waals surface area contributed by atoms with Crippen LogP contribution in [0.15, 0.2) is 78.9 Å². The molecule has 1 aliphatic rings. The molecule has 176 valence electrons. The second-order valence-corrected chi connectivity index (χ2v) is 8.35. The predicted octanol–water partition coefficient (Wildman–Crippen LogP) is 3.85. The van der Waals surface area contributed by atoms with Crippen molar-refractivity contribution in [1.82, 2.24) is 4.90 Å². The van der Waals surface area contributed by atoms with Crippen LogP contribution in [-0.2, 0) is 16.1 Å². The van der Waals surface area contributed by atoms with Gasteiger partial charge in [-0.2, -0.15) is 0 Å². The van der Waals surface area contributed by atoms with Gasteiger partial charge in [0.05, 0.1) is 31.0 Å². The molecule has 0 radical (unpaired) electrons. The molecule has 1 aliphatic heterocycles. The Kier molecular flexibility index (Phi) is 7.91. The van der Waals surface area contributed by atoms with Crippen molar-refractivity contribution in [3.05, 3.63) is 90.0 Å². The molecule has 7 heteroatoms. The van der Waals surface area contributed by atoms with Crippen molar-refractivity contribution in [3.63, 3.8) is 0 Å². The third kappa shape index (κ3) is 6.43.